The van der Waals surface area contributed by atoms with E-state index in [0.29, 0.717) is 24.4 Å². The van der Waals surface area contributed by atoms with Gasteiger partial charge in [-0.1, -0.05) is 18.6 Å². The van der Waals surface area contributed by atoms with Crippen molar-refractivity contribution in [2.75, 3.05) is 26.2 Å². The van der Waals surface area contributed by atoms with Crippen molar-refractivity contribution in [3.05, 3.63) is 59.7 Å². The predicted octanol–water partition coefficient (Wildman–Crippen LogP) is 3.64. The third kappa shape index (κ3) is 4.06. The molecule has 3 heterocycles. The minimum atomic E-state index is -0.282. The standard InChI is InChI=1S/C21H24FN3O2/c22-17-6-4-5-16(13-17)15-25-18-7-12-27-20(18)14-19(25)21(26)23-8-11-24-9-2-1-3-10-24/h4-7,12-14H,1-3,8-11,15H2,(H,23,26). The molecule has 2 aromatic heterocycles. The van der Waals surface area contributed by atoms with Crippen LogP contribution in [0.1, 0.15) is 35.3 Å². The van der Waals surface area contributed by atoms with Crippen LogP contribution in [0.15, 0.2) is 47.1 Å². The Kier molecular flexibility index (Phi) is 5.25. The number of carbonyl (C=O) groups excluding carboxylic acids is 1. The monoisotopic (exact) mass is 369 g/mol. The molecule has 0 unspecified atom stereocenters. The molecule has 6 heteroatoms. The molecular weight excluding hydrogens is 345 g/mol. The summed E-state index contributed by atoms with van der Waals surface area (Å²) in [6.07, 6.45) is 5.38. The van der Waals surface area contributed by atoms with Crippen molar-refractivity contribution in [1.29, 1.82) is 0 Å². The molecule has 0 atom stereocenters. The first-order valence-corrected chi connectivity index (χ1v) is 9.52. The third-order valence-electron chi connectivity index (χ3n) is 5.15. The van der Waals surface area contributed by atoms with E-state index in [1.807, 2.05) is 16.7 Å². The number of benzene rings is 1. The lowest BCUT2D eigenvalue weighted by atomic mass is 10.1. The van der Waals surface area contributed by atoms with E-state index >= 15 is 0 Å². The molecule has 0 radical (unpaired) electrons. The smallest absolute Gasteiger partial charge is 0.268 e. The number of hydrogen-bond acceptors (Lipinski definition) is 3. The van der Waals surface area contributed by atoms with Gasteiger partial charge in [0.1, 0.15) is 11.5 Å². The summed E-state index contributed by atoms with van der Waals surface area (Å²) in [5.41, 5.74) is 2.83. The molecule has 1 aliphatic heterocycles. The summed E-state index contributed by atoms with van der Waals surface area (Å²) >= 11 is 0. The maximum atomic E-state index is 13.5. The van der Waals surface area contributed by atoms with Crippen LogP contribution >= 0.6 is 0 Å². The van der Waals surface area contributed by atoms with Gasteiger partial charge in [0.2, 0.25) is 0 Å². The summed E-state index contributed by atoms with van der Waals surface area (Å²) in [5, 5.41) is 3.02. The predicted molar refractivity (Wildman–Crippen MR) is 102 cm³/mol. The molecule has 1 amide bonds. The third-order valence-corrected chi connectivity index (χ3v) is 5.15. The number of nitrogens with one attached hydrogen (secondary N) is 1. The topological polar surface area (TPSA) is 50.4 Å². The second kappa shape index (κ2) is 7.96. The van der Waals surface area contributed by atoms with E-state index in [-0.39, 0.29) is 11.7 Å². The van der Waals surface area contributed by atoms with Crippen molar-refractivity contribution < 1.29 is 13.6 Å². The first kappa shape index (κ1) is 17.8. The molecule has 0 aliphatic carbocycles. The molecule has 27 heavy (non-hydrogen) atoms. The van der Waals surface area contributed by atoms with E-state index in [9.17, 15) is 9.18 Å². The van der Waals surface area contributed by atoms with E-state index in [4.69, 9.17) is 4.42 Å². The van der Waals surface area contributed by atoms with Gasteiger partial charge in [0.25, 0.3) is 5.91 Å². The molecule has 1 fully saturated rings. The average Bonchev–Trinajstić information content (AvgIpc) is 3.25. The molecule has 1 aromatic carbocycles. The normalized spacial score (nSPS) is 15.3. The number of fused-ring (bicyclic) bond motifs is 1. The molecular formula is C21H24FN3O2. The second-order valence-corrected chi connectivity index (χ2v) is 7.07. The zero-order chi connectivity index (χ0) is 18.6. The average molecular weight is 369 g/mol. The van der Waals surface area contributed by atoms with Crippen LogP contribution in [0, 0.1) is 5.82 Å². The summed E-state index contributed by atoms with van der Waals surface area (Å²) < 4.78 is 20.9. The molecule has 3 aromatic rings. The zero-order valence-corrected chi connectivity index (χ0v) is 15.3. The van der Waals surface area contributed by atoms with Crippen molar-refractivity contribution in [2.45, 2.75) is 25.8 Å². The van der Waals surface area contributed by atoms with Gasteiger partial charge in [0, 0.05) is 31.8 Å². The van der Waals surface area contributed by atoms with Gasteiger partial charge in [0.05, 0.1) is 11.8 Å². The number of carbonyl (C=O) groups is 1. The van der Waals surface area contributed by atoms with Crippen LogP contribution in [-0.2, 0) is 6.54 Å². The molecule has 142 valence electrons. The minimum Gasteiger partial charge on any atom is -0.463 e. The first-order valence-electron chi connectivity index (χ1n) is 9.52. The summed E-state index contributed by atoms with van der Waals surface area (Å²) in [6, 6.07) is 10.0. The highest BCUT2D eigenvalue weighted by atomic mass is 19.1. The number of rotatable bonds is 6. The fraction of sp³-hybridized carbons (Fsp3) is 0.381. The number of furan rings is 1. The van der Waals surface area contributed by atoms with E-state index in [1.165, 1.54) is 31.4 Å². The summed E-state index contributed by atoms with van der Waals surface area (Å²) in [4.78, 5) is 15.2. The Morgan fingerprint density at radius 3 is 2.81 bits per heavy atom. The van der Waals surface area contributed by atoms with Gasteiger partial charge < -0.3 is 19.2 Å². The van der Waals surface area contributed by atoms with Crippen molar-refractivity contribution in [3.8, 4) is 0 Å². The van der Waals surface area contributed by atoms with Gasteiger partial charge in [-0.05, 0) is 43.6 Å². The quantitative estimate of drug-likeness (QED) is 0.722. The highest BCUT2D eigenvalue weighted by Crippen LogP contribution is 2.23. The van der Waals surface area contributed by atoms with Crippen molar-refractivity contribution >= 4 is 17.0 Å². The van der Waals surface area contributed by atoms with Gasteiger partial charge in [-0.2, -0.15) is 0 Å². The number of nitrogens with zero attached hydrogens (tertiary/aromatic N) is 2. The van der Waals surface area contributed by atoms with E-state index < -0.39 is 0 Å². The Morgan fingerprint density at radius 2 is 2.00 bits per heavy atom. The molecule has 4 rings (SSSR count). The largest absolute Gasteiger partial charge is 0.463 e. The van der Waals surface area contributed by atoms with Gasteiger partial charge in [-0.3, -0.25) is 4.79 Å². The maximum Gasteiger partial charge on any atom is 0.268 e. The van der Waals surface area contributed by atoms with E-state index in [1.54, 1.807) is 18.4 Å². The van der Waals surface area contributed by atoms with Crippen LogP contribution in [0.2, 0.25) is 0 Å². The van der Waals surface area contributed by atoms with Crippen LogP contribution in [0.3, 0.4) is 0 Å². The number of likely N-dealkylation sites (tertiary alicyclic amines) is 1. The van der Waals surface area contributed by atoms with Gasteiger partial charge in [-0.15, -0.1) is 0 Å². The molecule has 1 saturated heterocycles. The van der Waals surface area contributed by atoms with Crippen molar-refractivity contribution in [1.82, 2.24) is 14.8 Å². The molecule has 5 nitrogen and oxygen atoms in total. The van der Waals surface area contributed by atoms with Crippen LogP contribution < -0.4 is 5.32 Å². The summed E-state index contributed by atoms with van der Waals surface area (Å²) in [7, 11) is 0. The summed E-state index contributed by atoms with van der Waals surface area (Å²) in [5.74, 6) is -0.412. The fourth-order valence-corrected chi connectivity index (χ4v) is 3.75. The van der Waals surface area contributed by atoms with Crippen LogP contribution in [0.25, 0.3) is 11.1 Å². The number of piperidine rings is 1. The van der Waals surface area contributed by atoms with Crippen LogP contribution in [0.4, 0.5) is 4.39 Å². The SMILES string of the molecule is O=C(NCCN1CCCCC1)c1cc2occc2n1Cc1cccc(F)c1. The Hall–Kier alpha value is -2.60. The summed E-state index contributed by atoms with van der Waals surface area (Å²) in [6.45, 7) is 4.12. The van der Waals surface area contributed by atoms with Gasteiger partial charge in [0.15, 0.2) is 5.58 Å². The number of aromatic nitrogens is 1. The number of halogens is 1. The lowest BCUT2D eigenvalue weighted by molar-refractivity contribution is 0.0938. The second-order valence-electron chi connectivity index (χ2n) is 7.07. The Balaban J connectivity index is 1.48. The Bertz CT molecular complexity index is 925. The Morgan fingerprint density at radius 1 is 1.15 bits per heavy atom. The van der Waals surface area contributed by atoms with E-state index in [0.717, 1.165) is 30.7 Å². The van der Waals surface area contributed by atoms with E-state index in [2.05, 4.69) is 10.2 Å². The first-order chi connectivity index (χ1) is 13.2. The molecule has 0 bridgehead atoms. The highest BCUT2D eigenvalue weighted by Gasteiger charge is 2.18. The molecule has 1 N–H and O–H groups in total. The lowest BCUT2D eigenvalue weighted by Crippen LogP contribution is -2.38. The van der Waals surface area contributed by atoms with Crippen molar-refractivity contribution in [2.24, 2.45) is 0 Å². The minimum absolute atomic E-state index is 0.130. The lowest BCUT2D eigenvalue weighted by Gasteiger charge is -2.26. The molecule has 0 saturated carbocycles. The van der Waals surface area contributed by atoms with Crippen molar-refractivity contribution in [3.63, 3.8) is 0 Å². The zero-order valence-electron chi connectivity index (χ0n) is 15.3. The van der Waals surface area contributed by atoms with Gasteiger partial charge in [-0.25, -0.2) is 4.39 Å². The molecule has 0 spiro atoms. The Labute approximate surface area is 157 Å². The number of amides is 1. The maximum absolute atomic E-state index is 13.5. The van der Waals surface area contributed by atoms with Gasteiger partial charge >= 0.3 is 0 Å². The number of hydrogen-bond donors (Lipinski definition) is 1. The molecule has 1 aliphatic rings. The highest BCUT2D eigenvalue weighted by molar-refractivity contribution is 5.97. The van der Waals surface area contributed by atoms with Crippen LogP contribution in [-0.4, -0.2) is 41.6 Å². The fourth-order valence-electron chi connectivity index (χ4n) is 3.75. The van der Waals surface area contributed by atoms with Crippen LogP contribution in [0.5, 0.6) is 0 Å².